The summed E-state index contributed by atoms with van der Waals surface area (Å²) in [5.74, 6) is 0.226. The zero-order valence-corrected chi connectivity index (χ0v) is 16.9. The fourth-order valence-corrected chi connectivity index (χ4v) is 3.35. The highest BCUT2D eigenvalue weighted by atomic mass is 16.5. The van der Waals surface area contributed by atoms with Crippen LogP contribution in [0, 0.1) is 0 Å². The van der Waals surface area contributed by atoms with Crippen LogP contribution >= 0.6 is 0 Å². The van der Waals surface area contributed by atoms with E-state index in [-0.39, 0.29) is 18.4 Å². The summed E-state index contributed by atoms with van der Waals surface area (Å²) in [5.41, 5.74) is 3.43. The highest BCUT2D eigenvalue weighted by molar-refractivity contribution is 5.96. The molecule has 0 spiro atoms. The Morgan fingerprint density at radius 2 is 1.68 bits per heavy atom. The van der Waals surface area contributed by atoms with Gasteiger partial charge in [-0.2, -0.15) is 0 Å². The largest absolute Gasteiger partial charge is 0.484 e. The summed E-state index contributed by atoms with van der Waals surface area (Å²) in [6, 6.07) is 24.1. The number of benzene rings is 3. The van der Waals surface area contributed by atoms with Gasteiger partial charge in [-0.1, -0.05) is 30.3 Å². The van der Waals surface area contributed by atoms with Gasteiger partial charge >= 0.3 is 0 Å². The van der Waals surface area contributed by atoms with Crippen molar-refractivity contribution in [1.82, 2.24) is 10.3 Å². The minimum absolute atomic E-state index is 0.0832. The van der Waals surface area contributed by atoms with Gasteiger partial charge in [0.15, 0.2) is 6.61 Å². The van der Waals surface area contributed by atoms with Crippen molar-refractivity contribution in [3.63, 3.8) is 0 Å². The molecule has 6 heteroatoms. The number of carbonyl (C=O) groups is 2. The number of hydrogen-bond acceptors (Lipinski definition) is 3. The highest BCUT2D eigenvalue weighted by Gasteiger charge is 2.08. The van der Waals surface area contributed by atoms with Crippen LogP contribution in [0.3, 0.4) is 0 Å². The summed E-state index contributed by atoms with van der Waals surface area (Å²) in [5, 5.41) is 6.88. The smallest absolute Gasteiger partial charge is 0.262 e. The Balaban J connectivity index is 1.25. The Labute approximate surface area is 180 Å². The van der Waals surface area contributed by atoms with Crippen molar-refractivity contribution in [2.24, 2.45) is 0 Å². The van der Waals surface area contributed by atoms with Crippen molar-refractivity contribution in [2.45, 2.75) is 6.42 Å². The van der Waals surface area contributed by atoms with Gasteiger partial charge in [0.2, 0.25) is 0 Å². The Morgan fingerprint density at radius 3 is 2.48 bits per heavy atom. The van der Waals surface area contributed by atoms with Crippen molar-refractivity contribution in [3.05, 3.63) is 96.2 Å². The minimum atomic E-state index is -0.264. The molecule has 0 bridgehead atoms. The summed E-state index contributed by atoms with van der Waals surface area (Å²) in [6.07, 6.45) is 2.66. The number of carbonyl (C=O) groups excluding carboxylic acids is 2. The Kier molecular flexibility index (Phi) is 6.28. The molecule has 0 aliphatic heterocycles. The van der Waals surface area contributed by atoms with E-state index >= 15 is 0 Å². The van der Waals surface area contributed by atoms with Crippen molar-refractivity contribution in [3.8, 4) is 5.75 Å². The summed E-state index contributed by atoms with van der Waals surface area (Å²) >= 11 is 0. The molecular formula is C25H23N3O3. The molecule has 3 N–H and O–H groups in total. The van der Waals surface area contributed by atoms with Gasteiger partial charge in [-0.15, -0.1) is 0 Å². The fraction of sp³-hybridized carbons (Fsp3) is 0.120. The molecule has 4 aromatic rings. The second-order valence-electron chi connectivity index (χ2n) is 7.09. The first-order valence-electron chi connectivity index (χ1n) is 10.1. The molecule has 0 radical (unpaired) electrons. The number of anilines is 1. The predicted octanol–water partition coefficient (Wildman–Crippen LogP) is 4.16. The first-order valence-corrected chi connectivity index (χ1v) is 10.1. The van der Waals surface area contributed by atoms with Crippen LogP contribution < -0.4 is 15.4 Å². The molecule has 0 unspecified atom stereocenters. The number of para-hydroxylation sites is 1. The van der Waals surface area contributed by atoms with Crippen molar-refractivity contribution in [1.29, 1.82) is 0 Å². The molecule has 2 amide bonds. The van der Waals surface area contributed by atoms with Gasteiger partial charge in [0.25, 0.3) is 11.8 Å². The lowest BCUT2D eigenvalue weighted by Crippen LogP contribution is -2.25. The molecule has 1 aromatic heterocycles. The average Bonchev–Trinajstić information content (AvgIpc) is 3.29. The van der Waals surface area contributed by atoms with Crippen molar-refractivity contribution < 1.29 is 14.3 Å². The summed E-state index contributed by atoms with van der Waals surface area (Å²) in [7, 11) is 0. The molecule has 0 atom stereocenters. The van der Waals surface area contributed by atoms with E-state index in [1.165, 1.54) is 10.9 Å². The normalized spacial score (nSPS) is 10.6. The molecule has 31 heavy (non-hydrogen) atoms. The van der Waals surface area contributed by atoms with Crippen LogP contribution in [0.15, 0.2) is 85.1 Å². The molecule has 4 rings (SSSR count). The maximum absolute atomic E-state index is 12.4. The van der Waals surface area contributed by atoms with Gasteiger partial charge in [-0.3, -0.25) is 9.59 Å². The number of rotatable bonds is 8. The van der Waals surface area contributed by atoms with Gasteiger partial charge in [-0.05, 0) is 60.5 Å². The topological polar surface area (TPSA) is 83.2 Å². The lowest BCUT2D eigenvalue weighted by Gasteiger charge is -2.09. The number of H-pyrrole nitrogens is 1. The van der Waals surface area contributed by atoms with Crippen LogP contribution in [-0.2, 0) is 11.2 Å². The van der Waals surface area contributed by atoms with Gasteiger partial charge in [0.05, 0.1) is 0 Å². The molecule has 1 heterocycles. The zero-order chi connectivity index (χ0) is 21.5. The summed E-state index contributed by atoms with van der Waals surface area (Å²) in [6.45, 7) is 0.457. The summed E-state index contributed by atoms with van der Waals surface area (Å²) in [4.78, 5) is 27.6. The monoisotopic (exact) mass is 413 g/mol. The molecule has 0 aliphatic carbocycles. The van der Waals surface area contributed by atoms with Crippen molar-refractivity contribution in [2.75, 3.05) is 18.5 Å². The van der Waals surface area contributed by atoms with Crippen LogP contribution in [0.4, 0.5) is 5.69 Å². The van der Waals surface area contributed by atoms with Crippen molar-refractivity contribution >= 4 is 28.4 Å². The van der Waals surface area contributed by atoms with Crippen LogP contribution in [0.25, 0.3) is 10.9 Å². The molecule has 0 saturated heterocycles. The molecule has 6 nitrogen and oxygen atoms in total. The van der Waals surface area contributed by atoms with Crippen LogP contribution in [0.5, 0.6) is 5.75 Å². The second kappa shape index (κ2) is 9.63. The number of hydrogen-bond donors (Lipinski definition) is 3. The van der Waals surface area contributed by atoms with Gasteiger partial charge in [-0.25, -0.2) is 0 Å². The molecule has 0 aliphatic rings. The Bertz CT molecular complexity index is 1170. The third-order valence-corrected chi connectivity index (χ3v) is 4.91. The van der Waals surface area contributed by atoms with E-state index in [0.717, 1.165) is 11.9 Å². The number of aromatic amines is 1. The molecule has 0 fully saturated rings. The molecule has 3 aromatic carbocycles. The second-order valence-corrected chi connectivity index (χ2v) is 7.09. The number of amides is 2. The van der Waals surface area contributed by atoms with E-state index < -0.39 is 0 Å². The standard InChI is InChI=1S/C25H23N3O3/c29-24(17-31-21-6-2-1-3-7-21)28-20-11-9-19(10-12-20)25(30)27-15-13-18-5-4-8-23-22(18)14-16-26-23/h1-12,14,16,26H,13,15,17H2,(H,27,30)(H,28,29). The highest BCUT2D eigenvalue weighted by Crippen LogP contribution is 2.17. The van der Waals surface area contributed by atoms with E-state index in [4.69, 9.17) is 4.74 Å². The maximum Gasteiger partial charge on any atom is 0.262 e. The number of ether oxygens (including phenoxy) is 1. The number of aromatic nitrogens is 1. The minimum Gasteiger partial charge on any atom is -0.484 e. The molecule has 0 saturated carbocycles. The first kappa shape index (κ1) is 20.2. The van der Waals surface area contributed by atoms with E-state index in [9.17, 15) is 9.59 Å². The van der Waals surface area contributed by atoms with Crippen LogP contribution in [0.1, 0.15) is 15.9 Å². The lowest BCUT2D eigenvalue weighted by atomic mass is 10.1. The summed E-state index contributed by atoms with van der Waals surface area (Å²) < 4.78 is 5.43. The van der Waals surface area contributed by atoms with E-state index in [1.807, 2.05) is 42.6 Å². The SMILES string of the molecule is O=C(COc1ccccc1)Nc1ccc(C(=O)NCCc2cccc3[nH]ccc23)cc1. The quantitative estimate of drug-likeness (QED) is 0.406. The molecular weight excluding hydrogens is 390 g/mol. The lowest BCUT2D eigenvalue weighted by molar-refractivity contribution is -0.118. The first-order chi connectivity index (χ1) is 15.2. The molecule has 156 valence electrons. The zero-order valence-electron chi connectivity index (χ0n) is 16.9. The fourth-order valence-electron chi connectivity index (χ4n) is 3.35. The van der Waals surface area contributed by atoms with E-state index in [1.54, 1.807) is 36.4 Å². The van der Waals surface area contributed by atoms with Crippen LogP contribution in [0.2, 0.25) is 0 Å². The predicted molar refractivity (Wildman–Crippen MR) is 121 cm³/mol. The average molecular weight is 413 g/mol. The van der Waals surface area contributed by atoms with E-state index in [0.29, 0.717) is 23.5 Å². The number of nitrogens with one attached hydrogen (secondary N) is 3. The van der Waals surface area contributed by atoms with E-state index in [2.05, 4.69) is 21.7 Å². The van der Waals surface area contributed by atoms with Crippen LogP contribution in [-0.4, -0.2) is 29.9 Å². The Hall–Kier alpha value is -4.06. The third kappa shape index (κ3) is 5.30. The number of fused-ring (bicyclic) bond motifs is 1. The van der Waals surface area contributed by atoms with Gasteiger partial charge in [0, 0.05) is 34.9 Å². The Morgan fingerprint density at radius 1 is 0.871 bits per heavy atom. The maximum atomic E-state index is 12.4. The van der Waals surface area contributed by atoms with Gasteiger partial charge in [0.1, 0.15) is 5.75 Å². The third-order valence-electron chi connectivity index (χ3n) is 4.91. The van der Waals surface area contributed by atoms with Gasteiger partial charge < -0.3 is 20.4 Å².